The number of hydrogen-bond donors (Lipinski definition) is 0. The quantitative estimate of drug-likeness (QED) is 0.177. The third kappa shape index (κ3) is 8.73. The molecular formula is C24H43NO2SSi2. The molecule has 6 heteroatoms. The molecule has 0 unspecified atom stereocenters. The second-order valence-electron chi connectivity index (χ2n) is 9.89. The van der Waals surface area contributed by atoms with E-state index in [1.165, 1.54) is 5.56 Å². The molecule has 3 nitrogen and oxygen atoms in total. The Balaban J connectivity index is 2.94. The lowest BCUT2D eigenvalue weighted by Gasteiger charge is -2.43. The van der Waals surface area contributed by atoms with E-state index >= 15 is 0 Å². The minimum Gasteiger partial charge on any atom is -0.531 e. The zero-order valence-corrected chi connectivity index (χ0v) is 23.5. The zero-order valence-electron chi connectivity index (χ0n) is 20.7. The van der Waals surface area contributed by atoms with E-state index in [1.807, 2.05) is 17.7 Å². The molecule has 1 atom stereocenters. The molecule has 0 amide bonds. The second-order valence-corrected chi connectivity index (χ2v) is 20.6. The van der Waals surface area contributed by atoms with Crippen molar-refractivity contribution in [2.75, 3.05) is 0 Å². The van der Waals surface area contributed by atoms with Crippen molar-refractivity contribution in [1.82, 2.24) is 0 Å². The number of rotatable bonds is 12. The Morgan fingerprint density at radius 1 is 0.933 bits per heavy atom. The maximum absolute atomic E-state index is 6.79. The van der Waals surface area contributed by atoms with Crippen LogP contribution in [-0.4, -0.2) is 29.0 Å². The van der Waals surface area contributed by atoms with Gasteiger partial charge in [0.1, 0.15) is 0 Å². The summed E-state index contributed by atoms with van der Waals surface area (Å²) in [5.74, 6) is 1.61. The van der Waals surface area contributed by atoms with Gasteiger partial charge in [-0.15, -0.1) is 11.8 Å². The van der Waals surface area contributed by atoms with E-state index in [4.69, 9.17) is 13.8 Å². The molecule has 0 radical (unpaired) electrons. The van der Waals surface area contributed by atoms with Crippen LogP contribution in [0.3, 0.4) is 0 Å². The average Bonchev–Trinajstić information content (AvgIpc) is 2.62. The molecule has 0 saturated heterocycles. The van der Waals surface area contributed by atoms with Crippen molar-refractivity contribution in [3.63, 3.8) is 0 Å². The predicted octanol–water partition coefficient (Wildman–Crippen LogP) is 8.22. The van der Waals surface area contributed by atoms with Gasteiger partial charge in [-0.1, -0.05) is 71.9 Å². The molecule has 1 aromatic carbocycles. The predicted molar refractivity (Wildman–Crippen MR) is 140 cm³/mol. The van der Waals surface area contributed by atoms with Crippen molar-refractivity contribution in [3.05, 3.63) is 47.2 Å². The van der Waals surface area contributed by atoms with Gasteiger partial charge in [0.15, 0.2) is 0 Å². The zero-order chi connectivity index (χ0) is 22.9. The van der Waals surface area contributed by atoms with Crippen LogP contribution in [-0.2, 0) is 14.6 Å². The Morgan fingerprint density at radius 3 is 1.93 bits per heavy atom. The minimum absolute atomic E-state index is 0.0309. The number of benzene rings is 1. The monoisotopic (exact) mass is 465 g/mol. The highest BCUT2D eigenvalue weighted by Crippen LogP contribution is 2.42. The lowest BCUT2D eigenvalue weighted by Crippen LogP contribution is -2.50. The maximum atomic E-state index is 6.79. The summed E-state index contributed by atoms with van der Waals surface area (Å²) in [5.41, 5.74) is 2.97. The molecule has 30 heavy (non-hydrogen) atoms. The van der Waals surface area contributed by atoms with Crippen molar-refractivity contribution in [3.8, 4) is 0 Å². The average molecular weight is 466 g/mol. The molecule has 0 N–H and O–H groups in total. The van der Waals surface area contributed by atoms with Crippen molar-refractivity contribution in [1.29, 1.82) is 0 Å². The molecule has 1 aromatic rings. The van der Waals surface area contributed by atoms with E-state index < -0.39 is 16.6 Å². The summed E-state index contributed by atoms with van der Waals surface area (Å²) >= 11 is 1.72. The van der Waals surface area contributed by atoms with Gasteiger partial charge in [-0.2, -0.15) is 0 Å². The van der Waals surface area contributed by atoms with E-state index in [9.17, 15) is 0 Å². The van der Waals surface area contributed by atoms with E-state index in [1.54, 1.807) is 11.8 Å². The van der Waals surface area contributed by atoms with Gasteiger partial charge in [0, 0.05) is 17.4 Å². The molecular weight excluding hydrogens is 423 g/mol. The Hall–Kier alpha value is -0.826. The molecule has 0 aromatic heterocycles. The highest BCUT2D eigenvalue weighted by molar-refractivity contribution is 8.01. The topological polar surface area (TPSA) is 30.8 Å². The minimum atomic E-state index is -1.93. The second kappa shape index (κ2) is 12.3. The van der Waals surface area contributed by atoms with Gasteiger partial charge in [-0.05, 0) is 48.8 Å². The standard InChI is InChI=1S/C24H43NO2SSi2/c1-19(2)30(20(3)4,21(5)6)26-22(7)16-25-24(27-29(8,9)10)18-28-17-23-14-12-11-13-15-23/h11-16,18-22H,17H2,1-10H3/b24-18-,25-16+/t22-/m0/s1. The van der Waals surface area contributed by atoms with Gasteiger partial charge in [-0.3, -0.25) is 0 Å². The van der Waals surface area contributed by atoms with Gasteiger partial charge in [0.05, 0.1) is 6.10 Å². The van der Waals surface area contributed by atoms with Crippen molar-refractivity contribution < 1.29 is 8.85 Å². The van der Waals surface area contributed by atoms with Crippen LogP contribution in [0.5, 0.6) is 0 Å². The molecule has 0 saturated carbocycles. The van der Waals surface area contributed by atoms with Gasteiger partial charge in [0.2, 0.25) is 22.5 Å². The normalized spacial score (nSPS) is 14.9. The maximum Gasteiger partial charge on any atom is 0.244 e. The van der Waals surface area contributed by atoms with Crippen molar-refractivity contribution in [2.24, 2.45) is 4.99 Å². The van der Waals surface area contributed by atoms with Crippen LogP contribution in [0.2, 0.25) is 36.3 Å². The summed E-state index contributed by atoms with van der Waals surface area (Å²) in [6.07, 6.45) is 1.90. The first-order chi connectivity index (χ1) is 13.9. The fraction of sp³-hybridized carbons (Fsp3) is 0.625. The molecule has 0 aliphatic rings. The third-order valence-corrected chi connectivity index (χ3v) is 13.1. The van der Waals surface area contributed by atoms with Crippen LogP contribution in [0, 0.1) is 0 Å². The van der Waals surface area contributed by atoms with E-state index in [0.29, 0.717) is 22.5 Å². The van der Waals surface area contributed by atoms with E-state index in [-0.39, 0.29) is 6.10 Å². The van der Waals surface area contributed by atoms with Crippen LogP contribution in [0.4, 0.5) is 0 Å². The molecule has 0 heterocycles. The first-order valence-electron chi connectivity index (χ1n) is 11.1. The number of thioether (sulfide) groups is 1. The van der Waals surface area contributed by atoms with Crippen LogP contribution in [0.1, 0.15) is 54.0 Å². The molecule has 1 rings (SSSR count). The molecule has 170 valence electrons. The van der Waals surface area contributed by atoms with Crippen molar-refractivity contribution >= 4 is 34.6 Å². The smallest absolute Gasteiger partial charge is 0.244 e. The summed E-state index contributed by atoms with van der Waals surface area (Å²) in [7, 11) is -3.68. The highest BCUT2D eigenvalue weighted by atomic mass is 32.2. The third-order valence-electron chi connectivity index (χ3n) is 5.20. The Labute approximate surface area is 192 Å². The van der Waals surface area contributed by atoms with Gasteiger partial charge in [-0.25, -0.2) is 4.99 Å². The lowest BCUT2D eigenvalue weighted by atomic mass is 10.2. The summed E-state index contributed by atoms with van der Waals surface area (Å²) in [6, 6.07) is 10.5. The summed E-state index contributed by atoms with van der Waals surface area (Å²) in [5, 5.41) is 2.05. The Morgan fingerprint density at radius 2 is 1.47 bits per heavy atom. The first-order valence-corrected chi connectivity index (χ1v) is 17.7. The van der Waals surface area contributed by atoms with Crippen molar-refractivity contribution in [2.45, 2.75) is 96.6 Å². The van der Waals surface area contributed by atoms with Crippen LogP contribution in [0.15, 0.2) is 46.6 Å². The Bertz CT molecular complexity index is 660. The van der Waals surface area contributed by atoms with Gasteiger partial charge < -0.3 is 8.85 Å². The molecule has 0 bridgehead atoms. The molecule has 0 fully saturated rings. The SMILES string of the molecule is CC(C)[Si](O[C@@H](C)/C=N/C(=C/SCc1ccccc1)O[Si](C)(C)C)(C(C)C)C(C)C. The highest BCUT2D eigenvalue weighted by Gasteiger charge is 2.45. The fourth-order valence-corrected chi connectivity index (χ4v) is 11.2. The Kier molecular flexibility index (Phi) is 11.1. The number of aliphatic imine (C=N–C) groups is 1. The van der Waals surface area contributed by atoms with Gasteiger partial charge in [0.25, 0.3) is 0 Å². The van der Waals surface area contributed by atoms with Crippen LogP contribution in [0.25, 0.3) is 0 Å². The lowest BCUT2D eigenvalue weighted by molar-refractivity contribution is 0.253. The number of hydrogen-bond acceptors (Lipinski definition) is 4. The van der Waals surface area contributed by atoms with E-state index in [0.717, 1.165) is 5.75 Å². The molecule has 0 aliphatic heterocycles. The van der Waals surface area contributed by atoms with E-state index in [2.05, 4.69) is 92.4 Å². The van der Waals surface area contributed by atoms with Crippen LogP contribution < -0.4 is 0 Å². The van der Waals surface area contributed by atoms with Crippen LogP contribution >= 0.6 is 11.8 Å². The number of nitrogens with zero attached hydrogens (tertiary/aromatic N) is 1. The summed E-state index contributed by atoms with van der Waals surface area (Å²) in [6.45, 7) is 22.6. The largest absolute Gasteiger partial charge is 0.531 e. The van der Waals surface area contributed by atoms with Gasteiger partial charge >= 0.3 is 0 Å². The molecule has 0 spiro atoms. The summed E-state index contributed by atoms with van der Waals surface area (Å²) in [4.78, 5) is 4.73. The summed E-state index contributed by atoms with van der Waals surface area (Å²) < 4.78 is 13.0. The fourth-order valence-electron chi connectivity index (χ4n) is 4.12. The molecule has 0 aliphatic carbocycles. The first kappa shape index (κ1) is 27.2.